The molecule has 1 saturated heterocycles. The van der Waals surface area contributed by atoms with E-state index in [1.165, 1.54) is 0 Å². The number of hydrazine groups is 1. The van der Waals surface area contributed by atoms with Crippen LogP contribution in [0.4, 0.5) is 0 Å². The fraction of sp³-hybridized carbons (Fsp3) is 0.400. The molecule has 0 saturated carbocycles. The summed E-state index contributed by atoms with van der Waals surface area (Å²) in [5.41, 5.74) is 3.38. The Hall–Kier alpha value is -1.22. The van der Waals surface area contributed by atoms with Crippen molar-refractivity contribution in [3.05, 3.63) is 36.7 Å². The van der Waals surface area contributed by atoms with Crippen LogP contribution in [0.1, 0.15) is 0 Å². The molecule has 2 heterocycles. The summed E-state index contributed by atoms with van der Waals surface area (Å²) in [6.07, 6.45) is 13.3. The Kier molecular flexibility index (Phi) is 1.46. The first-order valence-corrected chi connectivity index (χ1v) is 4.75. The van der Waals surface area contributed by atoms with Crippen LogP contribution in [0.25, 0.3) is 0 Å². The van der Waals surface area contributed by atoms with Gasteiger partial charge in [-0.15, -0.1) is 0 Å². The van der Waals surface area contributed by atoms with Gasteiger partial charge in [0, 0.05) is 30.8 Å². The normalized spacial score (nSPS) is 40.0. The summed E-state index contributed by atoms with van der Waals surface area (Å²) in [5, 5.41) is 5.51. The first-order chi connectivity index (χ1) is 6.45. The van der Waals surface area contributed by atoms with Gasteiger partial charge >= 0.3 is 0 Å². The first kappa shape index (κ1) is 7.21. The van der Waals surface area contributed by atoms with Gasteiger partial charge in [-0.2, -0.15) is 0 Å². The van der Waals surface area contributed by atoms with E-state index in [2.05, 4.69) is 46.3 Å². The van der Waals surface area contributed by atoms with Crippen LogP contribution in [0.2, 0.25) is 0 Å². The molecule has 3 unspecified atom stereocenters. The molecule has 3 aliphatic rings. The summed E-state index contributed by atoms with van der Waals surface area (Å²) in [7, 11) is 0. The SMILES string of the molecule is C1=CC2CNN3C=CNC3C2C=C1. The molecule has 0 radical (unpaired) electrons. The number of allylic oxidation sites excluding steroid dienone is 2. The average Bonchev–Trinajstić information content (AvgIpc) is 2.65. The van der Waals surface area contributed by atoms with Crippen molar-refractivity contribution < 1.29 is 0 Å². The van der Waals surface area contributed by atoms with Gasteiger partial charge in [0.1, 0.15) is 6.17 Å². The molecule has 1 aliphatic carbocycles. The minimum atomic E-state index is 0.403. The summed E-state index contributed by atoms with van der Waals surface area (Å²) < 4.78 is 0. The van der Waals surface area contributed by atoms with Gasteiger partial charge in [0.25, 0.3) is 0 Å². The van der Waals surface area contributed by atoms with Crippen molar-refractivity contribution in [2.45, 2.75) is 6.17 Å². The maximum Gasteiger partial charge on any atom is 0.120 e. The zero-order valence-corrected chi connectivity index (χ0v) is 7.35. The number of hydrogen-bond donors (Lipinski definition) is 2. The lowest BCUT2D eigenvalue weighted by Gasteiger charge is -2.41. The van der Waals surface area contributed by atoms with Crippen molar-refractivity contribution in [3.8, 4) is 0 Å². The van der Waals surface area contributed by atoms with Crippen LogP contribution < -0.4 is 10.7 Å². The Bertz CT molecular complexity index is 293. The highest BCUT2D eigenvalue weighted by Gasteiger charge is 2.36. The number of rotatable bonds is 0. The molecular weight excluding hydrogens is 162 g/mol. The monoisotopic (exact) mass is 175 g/mol. The molecule has 0 bridgehead atoms. The smallest absolute Gasteiger partial charge is 0.120 e. The van der Waals surface area contributed by atoms with Crippen LogP contribution in [-0.2, 0) is 0 Å². The van der Waals surface area contributed by atoms with Gasteiger partial charge in [0.05, 0.1) is 0 Å². The summed E-state index contributed by atoms with van der Waals surface area (Å²) in [6.45, 7) is 1.04. The van der Waals surface area contributed by atoms with E-state index in [0.29, 0.717) is 18.0 Å². The number of fused-ring (bicyclic) bond motifs is 3. The number of nitrogens with one attached hydrogen (secondary N) is 2. The highest BCUT2D eigenvalue weighted by molar-refractivity contribution is 5.19. The maximum atomic E-state index is 3.38. The molecule has 2 N–H and O–H groups in total. The lowest BCUT2D eigenvalue weighted by molar-refractivity contribution is 0.0852. The van der Waals surface area contributed by atoms with Gasteiger partial charge in [-0.1, -0.05) is 24.3 Å². The molecule has 3 nitrogen and oxygen atoms in total. The first-order valence-electron chi connectivity index (χ1n) is 4.75. The second-order valence-electron chi connectivity index (χ2n) is 3.71. The van der Waals surface area contributed by atoms with Crippen molar-refractivity contribution in [1.29, 1.82) is 0 Å². The van der Waals surface area contributed by atoms with Crippen LogP contribution >= 0.6 is 0 Å². The van der Waals surface area contributed by atoms with Crippen LogP contribution in [-0.4, -0.2) is 17.7 Å². The Labute approximate surface area is 77.8 Å². The standard InChI is InChI=1S/C10H13N3/c1-2-4-9-8(3-1)7-12-13-6-5-11-10(9)13/h1-6,8-12H,7H2. The second kappa shape index (κ2) is 2.64. The number of hydrogen-bond acceptors (Lipinski definition) is 3. The third kappa shape index (κ3) is 1.00. The molecular formula is C10H13N3. The summed E-state index contributed by atoms with van der Waals surface area (Å²) in [6, 6.07) is 0. The van der Waals surface area contributed by atoms with E-state index >= 15 is 0 Å². The van der Waals surface area contributed by atoms with Crippen molar-refractivity contribution in [2.24, 2.45) is 11.8 Å². The molecule has 0 aromatic carbocycles. The van der Waals surface area contributed by atoms with Crippen LogP contribution in [0.3, 0.4) is 0 Å². The van der Waals surface area contributed by atoms with E-state index < -0.39 is 0 Å². The molecule has 2 aliphatic heterocycles. The minimum Gasteiger partial charge on any atom is -0.368 e. The zero-order chi connectivity index (χ0) is 8.67. The Morgan fingerprint density at radius 2 is 2.15 bits per heavy atom. The highest BCUT2D eigenvalue weighted by Crippen LogP contribution is 2.29. The molecule has 3 atom stereocenters. The fourth-order valence-electron chi connectivity index (χ4n) is 2.27. The third-order valence-electron chi connectivity index (χ3n) is 2.97. The molecule has 0 spiro atoms. The minimum absolute atomic E-state index is 0.403. The zero-order valence-electron chi connectivity index (χ0n) is 7.35. The predicted octanol–water partition coefficient (Wildman–Crippen LogP) is 0.566. The van der Waals surface area contributed by atoms with Crippen molar-refractivity contribution >= 4 is 0 Å². The van der Waals surface area contributed by atoms with Gasteiger partial charge < -0.3 is 5.32 Å². The van der Waals surface area contributed by atoms with Gasteiger partial charge in [-0.05, 0) is 0 Å². The highest BCUT2D eigenvalue weighted by atomic mass is 15.6. The van der Waals surface area contributed by atoms with Gasteiger partial charge in [0.15, 0.2) is 0 Å². The van der Waals surface area contributed by atoms with Crippen molar-refractivity contribution in [2.75, 3.05) is 6.54 Å². The van der Waals surface area contributed by atoms with Crippen LogP contribution in [0.15, 0.2) is 36.7 Å². The lowest BCUT2D eigenvalue weighted by atomic mass is 9.84. The number of nitrogens with zero attached hydrogens (tertiary/aromatic N) is 1. The Morgan fingerprint density at radius 3 is 3.15 bits per heavy atom. The molecule has 68 valence electrons. The summed E-state index contributed by atoms with van der Waals surface area (Å²) in [4.78, 5) is 0. The maximum absolute atomic E-state index is 3.38. The quantitative estimate of drug-likeness (QED) is 0.563. The van der Waals surface area contributed by atoms with Gasteiger partial charge in [-0.3, -0.25) is 5.01 Å². The molecule has 0 aromatic heterocycles. The Morgan fingerprint density at radius 1 is 1.23 bits per heavy atom. The van der Waals surface area contributed by atoms with E-state index in [4.69, 9.17) is 0 Å². The van der Waals surface area contributed by atoms with Crippen molar-refractivity contribution in [1.82, 2.24) is 15.8 Å². The fourth-order valence-corrected chi connectivity index (χ4v) is 2.27. The third-order valence-corrected chi connectivity index (χ3v) is 2.97. The average molecular weight is 175 g/mol. The second-order valence-corrected chi connectivity index (χ2v) is 3.71. The largest absolute Gasteiger partial charge is 0.368 e. The molecule has 1 fully saturated rings. The van der Waals surface area contributed by atoms with Crippen LogP contribution in [0.5, 0.6) is 0 Å². The van der Waals surface area contributed by atoms with E-state index in [1.807, 2.05) is 6.20 Å². The van der Waals surface area contributed by atoms with Crippen molar-refractivity contribution in [3.63, 3.8) is 0 Å². The van der Waals surface area contributed by atoms with E-state index in [1.54, 1.807) is 0 Å². The van der Waals surface area contributed by atoms with Gasteiger partial charge in [-0.25, -0.2) is 5.43 Å². The topological polar surface area (TPSA) is 27.3 Å². The van der Waals surface area contributed by atoms with E-state index in [9.17, 15) is 0 Å². The van der Waals surface area contributed by atoms with Crippen LogP contribution in [0, 0.1) is 11.8 Å². The molecule has 13 heavy (non-hydrogen) atoms. The van der Waals surface area contributed by atoms with Gasteiger partial charge in [0.2, 0.25) is 0 Å². The molecule has 3 heteroatoms. The van der Waals surface area contributed by atoms with E-state index in [0.717, 1.165) is 6.54 Å². The lowest BCUT2D eigenvalue weighted by Crippen LogP contribution is -2.57. The predicted molar refractivity (Wildman–Crippen MR) is 51.2 cm³/mol. The molecule has 3 rings (SSSR count). The molecule has 0 aromatic rings. The Balaban J connectivity index is 1.88. The van der Waals surface area contributed by atoms with E-state index in [-0.39, 0.29) is 0 Å². The summed E-state index contributed by atoms with van der Waals surface area (Å²) >= 11 is 0. The summed E-state index contributed by atoms with van der Waals surface area (Å²) in [5.74, 6) is 1.24. The molecule has 0 amide bonds.